The molecular weight excluding hydrogens is 474 g/mol. The molecule has 3 N–H and O–H groups in total. The van der Waals surface area contributed by atoms with Crippen LogP contribution in [0, 0.1) is 19.4 Å². The zero-order valence-corrected chi connectivity index (χ0v) is 21.2. The number of pyridine rings is 1. The summed E-state index contributed by atoms with van der Waals surface area (Å²) in [5, 5.41) is 6.22. The van der Waals surface area contributed by atoms with Crippen molar-refractivity contribution in [3.63, 3.8) is 0 Å². The van der Waals surface area contributed by atoms with Gasteiger partial charge in [-0.3, -0.25) is 9.52 Å². The van der Waals surface area contributed by atoms with Gasteiger partial charge < -0.3 is 5.32 Å². The molecule has 3 aromatic rings. The average molecular weight is 505 g/mol. The van der Waals surface area contributed by atoms with Crippen molar-refractivity contribution in [2.75, 3.05) is 10.0 Å². The highest BCUT2D eigenvalue weighted by molar-refractivity contribution is 7.92. The molecule has 0 radical (unpaired) electrons. The normalized spacial score (nSPS) is 15.3. The maximum Gasteiger partial charge on any atom is 0.290 e. The number of nitrogens with zero attached hydrogens (tertiary/aromatic N) is 2. The SMILES string of the molecule is Cc1ccc(S(=O)(=O)Nc2ccc(N=N)cc2)c(C)c1NC(=O)C[n+]1ccc(C2CC=CCC2)cc1. The summed E-state index contributed by atoms with van der Waals surface area (Å²) in [6.45, 7) is 3.63. The van der Waals surface area contributed by atoms with Crippen LogP contribution < -0.4 is 14.6 Å². The molecule has 1 atom stereocenters. The van der Waals surface area contributed by atoms with Crippen LogP contribution in [-0.4, -0.2) is 14.3 Å². The average Bonchev–Trinajstić information content (AvgIpc) is 2.87. The fraction of sp³-hybridized carbons (Fsp3) is 0.259. The lowest BCUT2D eigenvalue weighted by atomic mass is 9.88. The van der Waals surface area contributed by atoms with Gasteiger partial charge in [0.15, 0.2) is 12.4 Å². The van der Waals surface area contributed by atoms with Crippen molar-refractivity contribution < 1.29 is 17.8 Å². The number of carbonyl (C=O) groups is 1. The van der Waals surface area contributed by atoms with E-state index in [0.717, 1.165) is 24.8 Å². The summed E-state index contributed by atoms with van der Waals surface area (Å²) in [7, 11) is -3.90. The zero-order valence-electron chi connectivity index (χ0n) is 20.4. The second-order valence-corrected chi connectivity index (χ2v) is 10.6. The van der Waals surface area contributed by atoms with E-state index in [1.807, 2.05) is 23.9 Å². The molecule has 9 heteroatoms. The van der Waals surface area contributed by atoms with E-state index >= 15 is 0 Å². The van der Waals surface area contributed by atoms with Gasteiger partial charge in [0, 0.05) is 23.5 Å². The summed E-state index contributed by atoms with van der Waals surface area (Å²) in [5.41, 5.74) is 10.8. The Morgan fingerprint density at radius 3 is 2.42 bits per heavy atom. The van der Waals surface area contributed by atoms with E-state index in [1.165, 1.54) is 11.6 Å². The number of amides is 1. The van der Waals surface area contributed by atoms with Crippen molar-refractivity contribution in [2.24, 2.45) is 5.11 Å². The first kappa shape index (κ1) is 25.2. The molecule has 1 unspecified atom stereocenters. The van der Waals surface area contributed by atoms with Crippen molar-refractivity contribution in [2.45, 2.75) is 50.5 Å². The molecule has 36 heavy (non-hydrogen) atoms. The fourth-order valence-corrected chi connectivity index (χ4v) is 5.72. The molecule has 0 bridgehead atoms. The Labute approximate surface area is 211 Å². The van der Waals surface area contributed by atoms with Crippen LogP contribution >= 0.6 is 0 Å². The van der Waals surface area contributed by atoms with Crippen LogP contribution in [0.25, 0.3) is 0 Å². The molecule has 0 aliphatic heterocycles. The molecule has 0 saturated heterocycles. The maximum absolute atomic E-state index is 13.1. The summed E-state index contributed by atoms with van der Waals surface area (Å²) < 4.78 is 30.5. The van der Waals surface area contributed by atoms with Gasteiger partial charge in [-0.2, -0.15) is 9.68 Å². The van der Waals surface area contributed by atoms with Crippen molar-refractivity contribution in [3.8, 4) is 0 Å². The minimum Gasteiger partial charge on any atom is -0.320 e. The number of aromatic nitrogens is 1. The van der Waals surface area contributed by atoms with Gasteiger partial charge in [0.1, 0.15) is 0 Å². The number of anilines is 2. The summed E-state index contributed by atoms with van der Waals surface area (Å²) in [4.78, 5) is 12.9. The quantitative estimate of drug-likeness (QED) is 0.213. The van der Waals surface area contributed by atoms with E-state index < -0.39 is 10.0 Å². The first-order chi connectivity index (χ1) is 17.3. The van der Waals surface area contributed by atoms with Gasteiger partial charge in [-0.15, -0.1) is 0 Å². The topological polar surface area (TPSA) is 115 Å². The van der Waals surface area contributed by atoms with E-state index in [9.17, 15) is 13.2 Å². The van der Waals surface area contributed by atoms with Gasteiger partial charge in [0.2, 0.25) is 6.54 Å². The maximum atomic E-state index is 13.1. The Hall–Kier alpha value is -3.85. The van der Waals surface area contributed by atoms with Gasteiger partial charge in [-0.1, -0.05) is 18.2 Å². The van der Waals surface area contributed by atoms with Crippen molar-refractivity contribution >= 4 is 33.0 Å². The molecule has 0 spiro atoms. The van der Waals surface area contributed by atoms with Crippen LogP contribution in [0.4, 0.5) is 17.1 Å². The highest BCUT2D eigenvalue weighted by atomic mass is 32.2. The van der Waals surface area contributed by atoms with Gasteiger partial charge in [-0.25, -0.2) is 13.9 Å². The van der Waals surface area contributed by atoms with Crippen LogP contribution in [0.15, 0.2) is 83.1 Å². The highest BCUT2D eigenvalue weighted by Gasteiger charge is 2.22. The number of carbonyl (C=O) groups excluding carboxylic acids is 1. The van der Waals surface area contributed by atoms with Crippen molar-refractivity contribution in [1.82, 2.24) is 0 Å². The molecule has 1 aromatic heterocycles. The lowest BCUT2D eigenvalue weighted by Gasteiger charge is -2.17. The first-order valence-corrected chi connectivity index (χ1v) is 13.3. The Kier molecular flexibility index (Phi) is 7.59. The van der Waals surface area contributed by atoms with Crippen LogP contribution in [-0.2, 0) is 21.4 Å². The van der Waals surface area contributed by atoms with Crippen molar-refractivity contribution in [1.29, 1.82) is 5.53 Å². The number of rotatable bonds is 8. The van der Waals surface area contributed by atoms with Crippen LogP contribution in [0.5, 0.6) is 0 Å². The molecule has 8 nitrogen and oxygen atoms in total. The van der Waals surface area contributed by atoms with Gasteiger partial charge in [0.05, 0.1) is 10.6 Å². The lowest BCUT2D eigenvalue weighted by molar-refractivity contribution is -0.684. The van der Waals surface area contributed by atoms with Gasteiger partial charge in [-0.05, 0) is 86.1 Å². The summed E-state index contributed by atoms with van der Waals surface area (Å²) in [5.74, 6) is 0.282. The van der Waals surface area contributed by atoms with Crippen LogP contribution in [0.2, 0.25) is 0 Å². The summed E-state index contributed by atoms with van der Waals surface area (Å²) in [6, 6.07) is 13.5. The number of hydrogen-bond donors (Lipinski definition) is 3. The molecule has 4 rings (SSSR count). The van der Waals surface area contributed by atoms with E-state index in [0.29, 0.717) is 28.5 Å². The van der Waals surface area contributed by atoms with E-state index in [4.69, 9.17) is 5.53 Å². The Bertz CT molecular complexity index is 1400. The number of aryl methyl sites for hydroxylation is 1. The second kappa shape index (κ2) is 10.8. The minimum absolute atomic E-state index is 0.0798. The summed E-state index contributed by atoms with van der Waals surface area (Å²) >= 11 is 0. The number of nitrogens with one attached hydrogen (secondary N) is 3. The zero-order chi connectivity index (χ0) is 25.7. The predicted octanol–water partition coefficient (Wildman–Crippen LogP) is 5.52. The summed E-state index contributed by atoms with van der Waals surface area (Å²) in [6.07, 6.45) is 11.6. The Morgan fingerprint density at radius 2 is 1.78 bits per heavy atom. The fourth-order valence-electron chi connectivity index (χ4n) is 4.41. The Morgan fingerprint density at radius 1 is 1.06 bits per heavy atom. The third kappa shape index (κ3) is 5.85. The third-order valence-electron chi connectivity index (χ3n) is 6.41. The molecule has 0 fully saturated rings. The number of hydrogen-bond acceptors (Lipinski definition) is 5. The molecule has 1 aliphatic rings. The van der Waals surface area contributed by atoms with Crippen LogP contribution in [0.1, 0.15) is 41.9 Å². The van der Waals surface area contributed by atoms with Crippen LogP contribution in [0.3, 0.4) is 0 Å². The number of sulfonamides is 1. The Balaban J connectivity index is 1.47. The second-order valence-electron chi connectivity index (χ2n) is 8.98. The third-order valence-corrected chi connectivity index (χ3v) is 7.94. The standard InChI is InChI=1S/C27H29N5O3S/c1-19-8-13-25(36(34,35)31-24-11-9-23(30-28)10-12-24)20(2)27(19)29-26(33)18-32-16-14-22(15-17-32)21-6-4-3-5-7-21/h3-4,8-17,21H,5-7,18H2,1-2H3,(H2-,28,29,31,33)/p+1. The van der Waals surface area contributed by atoms with Gasteiger partial charge >= 0.3 is 0 Å². The molecule has 0 saturated carbocycles. The smallest absolute Gasteiger partial charge is 0.290 e. The number of benzene rings is 2. The highest BCUT2D eigenvalue weighted by Crippen LogP contribution is 2.29. The number of allylic oxidation sites excluding steroid dienone is 2. The molecule has 2 aromatic carbocycles. The molecule has 1 heterocycles. The minimum atomic E-state index is -3.90. The lowest BCUT2D eigenvalue weighted by Crippen LogP contribution is -2.39. The largest absolute Gasteiger partial charge is 0.320 e. The monoisotopic (exact) mass is 504 g/mol. The molecule has 1 amide bonds. The van der Waals surface area contributed by atoms with Crippen molar-refractivity contribution in [3.05, 3.63) is 89.8 Å². The molecule has 186 valence electrons. The molecular formula is C27H30N5O3S+. The first-order valence-electron chi connectivity index (χ1n) is 11.8. The van der Waals surface area contributed by atoms with Gasteiger partial charge in [0.25, 0.3) is 15.9 Å². The van der Waals surface area contributed by atoms with E-state index in [1.54, 1.807) is 37.3 Å². The van der Waals surface area contributed by atoms with E-state index in [-0.39, 0.29) is 17.3 Å². The predicted molar refractivity (Wildman–Crippen MR) is 139 cm³/mol. The molecule has 1 aliphatic carbocycles. The van der Waals surface area contributed by atoms with E-state index in [2.05, 4.69) is 39.4 Å².